The summed E-state index contributed by atoms with van der Waals surface area (Å²) in [5.41, 5.74) is 0. The maximum Gasteiger partial charge on any atom is 0.307 e. The van der Waals surface area contributed by atoms with Gasteiger partial charge < -0.3 is 9.64 Å². The Bertz CT molecular complexity index is 179. The van der Waals surface area contributed by atoms with Crippen LogP contribution in [-0.4, -0.2) is 36.5 Å². The standard InChI is InChI=1S/C7H11NO3/c1-6(9)8-3-2-7(10)11-5-4-8/h2-5H2,1H3. The third-order valence-corrected chi connectivity index (χ3v) is 1.66. The zero-order valence-corrected chi connectivity index (χ0v) is 6.50. The number of esters is 1. The van der Waals surface area contributed by atoms with Gasteiger partial charge in [-0.2, -0.15) is 0 Å². The Morgan fingerprint density at radius 2 is 2.27 bits per heavy atom. The van der Waals surface area contributed by atoms with Gasteiger partial charge in [-0.1, -0.05) is 0 Å². The van der Waals surface area contributed by atoms with Crippen molar-refractivity contribution in [1.29, 1.82) is 0 Å². The Morgan fingerprint density at radius 3 is 2.91 bits per heavy atom. The van der Waals surface area contributed by atoms with E-state index >= 15 is 0 Å². The monoisotopic (exact) mass is 157 g/mol. The van der Waals surface area contributed by atoms with Crippen LogP contribution in [0.5, 0.6) is 0 Å². The lowest BCUT2D eigenvalue weighted by atomic mass is 10.4. The van der Waals surface area contributed by atoms with Crippen molar-refractivity contribution in [3.8, 4) is 0 Å². The molecule has 11 heavy (non-hydrogen) atoms. The largest absolute Gasteiger partial charge is 0.464 e. The van der Waals surface area contributed by atoms with Crippen LogP contribution in [0, 0.1) is 0 Å². The van der Waals surface area contributed by atoms with Crippen molar-refractivity contribution in [1.82, 2.24) is 4.90 Å². The number of carbonyl (C=O) groups excluding carboxylic acids is 2. The van der Waals surface area contributed by atoms with E-state index in [1.807, 2.05) is 0 Å². The van der Waals surface area contributed by atoms with Gasteiger partial charge in [0.15, 0.2) is 0 Å². The Kier molecular flexibility index (Phi) is 2.46. The molecule has 0 bridgehead atoms. The van der Waals surface area contributed by atoms with E-state index in [0.717, 1.165) is 0 Å². The van der Waals surface area contributed by atoms with Crippen molar-refractivity contribution in [2.24, 2.45) is 0 Å². The molecule has 4 heteroatoms. The first-order valence-corrected chi connectivity index (χ1v) is 3.61. The molecule has 0 saturated carbocycles. The molecule has 0 aromatic rings. The SMILES string of the molecule is CC(=O)N1CCOC(=O)CC1. The highest BCUT2D eigenvalue weighted by Crippen LogP contribution is 1.99. The topological polar surface area (TPSA) is 46.6 Å². The number of carbonyl (C=O) groups is 2. The molecule has 4 nitrogen and oxygen atoms in total. The van der Waals surface area contributed by atoms with Gasteiger partial charge in [-0.15, -0.1) is 0 Å². The van der Waals surface area contributed by atoms with Crippen LogP contribution >= 0.6 is 0 Å². The minimum atomic E-state index is -0.214. The Morgan fingerprint density at radius 1 is 1.55 bits per heavy atom. The van der Waals surface area contributed by atoms with E-state index in [1.165, 1.54) is 6.92 Å². The average molecular weight is 157 g/mol. The molecule has 0 spiro atoms. The third-order valence-electron chi connectivity index (χ3n) is 1.66. The molecule has 62 valence electrons. The van der Waals surface area contributed by atoms with Crippen molar-refractivity contribution in [2.75, 3.05) is 19.7 Å². The van der Waals surface area contributed by atoms with Crippen LogP contribution in [0.25, 0.3) is 0 Å². The minimum Gasteiger partial charge on any atom is -0.464 e. The van der Waals surface area contributed by atoms with Crippen molar-refractivity contribution in [3.05, 3.63) is 0 Å². The van der Waals surface area contributed by atoms with E-state index in [-0.39, 0.29) is 11.9 Å². The van der Waals surface area contributed by atoms with E-state index in [0.29, 0.717) is 26.1 Å². The van der Waals surface area contributed by atoms with Gasteiger partial charge in [-0.25, -0.2) is 0 Å². The molecule has 1 aliphatic heterocycles. The normalized spacial score (nSPS) is 19.0. The number of nitrogens with zero attached hydrogens (tertiary/aromatic N) is 1. The molecular weight excluding hydrogens is 146 g/mol. The molecule has 0 aromatic heterocycles. The van der Waals surface area contributed by atoms with Crippen LogP contribution in [-0.2, 0) is 14.3 Å². The highest BCUT2D eigenvalue weighted by atomic mass is 16.5. The number of amides is 1. The molecule has 1 rings (SSSR count). The molecule has 1 aliphatic rings. The van der Waals surface area contributed by atoms with E-state index in [2.05, 4.69) is 0 Å². The number of ether oxygens (including phenoxy) is 1. The molecular formula is C7H11NO3. The zero-order valence-electron chi connectivity index (χ0n) is 6.50. The van der Waals surface area contributed by atoms with E-state index in [1.54, 1.807) is 4.90 Å². The van der Waals surface area contributed by atoms with Crippen molar-refractivity contribution in [3.63, 3.8) is 0 Å². The van der Waals surface area contributed by atoms with Gasteiger partial charge in [0.2, 0.25) is 5.91 Å². The molecule has 0 aromatic carbocycles. The number of hydrogen-bond acceptors (Lipinski definition) is 3. The summed E-state index contributed by atoms with van der Waals surface area (Å²) in [6.07, 6.45) is 0.319. The van der Waals surface area contributed by atoms with Gasteiger partial charge in [0.05, 0.1) is 13.0 Å². The Balaban J connectivity index is 2.46. The second-order valence-corrected chi connectivity index (χ2v) is 2.48. The lowest BCUT2D eigenvalue weighted by molar-refractivity contribution is -0.142. The summed E-state index contributed by atoms with van der Waals surface area (Å²) in [6.45, 7) is 2.85. The van der Waals surface area contributed by atoms with Gasteiger partial charge in [0, 0.05) is 13.5 Å². The second-order valence-electron chi connectivity index (χ2n) is 2.48. The number of cyclic esters (lactones) is 1. The summed E-state index contributed by atoms with van der Waals surface area (Å²) in [4.78, 5) is 23.1. The van der Waals surface area contributed by atoms with Crippen molar-refractivity contribution < 1.29 is 14.3 Å². The van der Waals surface area contributed by atoms with E-state index < -0.39 is 0 Å². The van der Waals surface area contributed by atoms with Gasteiger partial charge >= 0.3 is 5.97 Å². The lowest BCUT2D eigenvalue weighted by Gasteiger charge is -2.15. The summed E-state index contributed by atoms with van der Waals surface area (Å²) in [6, 6.07) is 0. The maximum atomic E-state index is 10.8. The zero-order chi connectivity index (χ0) is 8.27. The second kappa shape index (κ2) is 3.37. The first-order chi connectivity index (χ1) is 5.20. The molecule has 0 N–H and O–H groups in total. The van der Waals surface area contributed by atoms with Gasteiger partial charge in [-0.05, 0) is 0 Å². The van der Waals surface area contributed by atoms with Crippen LogP contribution in [0.4, 0.5) is 0 Å². The van der Waals surface area contributed by atoms with Gasteiger partial charge in [-0.3, -0.25) is 9.59 Å². The quantitative estimate of drug-likeness (QED) is 0.457. The molecule has 0 unspecified atom stereocenters. The molecule has 1 fully saturated rings. The summed E-state index contributed by atoms with van der Waals surface area (Å²) < 4.78 is 4.75. The van der Waals surface area contributed by atoms with Crippen LogP contribution < -0.4 is 0 Å². The highest BCUT2D eigenvalue weighted by molar-refractivity contribution is 5.75. The van der Waals surface area contributed by atoms with Gasteiger partial charge in [0.25, 0.3) is 0 Å². The van der Waals surface area contributed by atoms with Crippen molar-refractivity contribution in [2.45, 2.75) is 13.3 Å². The number of hydrogen-bond donors (Lipinski definition) is 0. The Hall–Kier alpha value is -1.06. The molecule has 1 amide bonds. The predicted molar refractivity (Wildman–Crippen MR) is 37.8 cm³/mol. The summed E-state index contributed by atoms with van der Waals surface area (Å²) in [7, 11) is 0. The first-order valence-electron chi connectivity index (χ1n) is 3.61. The van der Waals surface area contributed by atoms with Crippen LogP contribution in [0.2, 0.25) is 0 Å². The highest BCUT2D eigenvalue weighted by Gasteiger charge is 2.15. The first kappa shape index (κ1) is 8.04. The van der Waals surface area contributed by atoms with Crippen LogP contribution in [0.15, 0.2) is 0 Å². The smallest absolute Gasteiger partial charge is 0.307 e. The molecule has 1 saturated heterocycles. The molecule has 0 aliphatic carbocycles. The summed E-state index contributed by atoms with van der Waals surface area (Å²) in [5, 5.41) is 0. The molecule has 0 atom stereocenters. The third kappa shape index (κ3) is 2.22. The average Bonchev–Trinajstić information content (AvgIpc) is 2.13. The van der Waals surface area contributed by atoms with E-state index in [4.69, 9.17) is 4.74 Å². The van der Waals surface area contributed by atoms with Crippen molar-refractivity contribution >= 4 is 11.9 Å². The summed E-state index contributed by atoms with van der Waals surface area (Å²) >= 11 is 0. The fraction of sp³-hybridized carbons (Fsp3) is 0.714. The molecule has 1 heterocycles. The lowest BCUT2D eigenvalue weighted by Crippen LogP contribution is -2.30. The molecule has 0 radical (unpaired) electrons. The maximum absolute atomic E-state index is 10.8. The van der Waals surface area contributed by atoms with Gasteiger partial charge in [0.1, 0.15) is 6.61 Å². The minimum absolute atomic E-state index is 0.00306. The number of rotatable bonds is 0. The fourth-order valence-electron chi connectivity index (χ4n) is 0.995. The van der Waals surface area contributed by atoms with Crippen LogP contribution in [0.1, 0.15) is 13.3 Å². The fourth-order valence-corrected chi connectivity index (χ4v) is 0.995. The van der Waals surface area contributed by atoms with Crippen LogP contribution in [0.3, 0.4) is 0 Å². The van der Waals surface area contributed by atoms with E-state index in [9.17, 15) is 9.59 Å². The predicted octanol–water partition coefficient (Wildman–Crippen LogP) is -0.218. The Labute approximate surface area is 65.1 Å². The summed E-state index contributed by atoms with van der Waals surface area (Å²) in [5.74, 6) is -0.211.